The fourth-order valence-corrected chi connectivity index (χ4v) is 3.60. The second-order valence-corrected chi connectivity index (χ2v) is 6.79. The number of benzene rings is 1. The highest BCUT2D eigenvalue weighted by atomic mass is 35.5. The van der Waals surface area contributed by atoms with Crippen LogP contribution in [0.1, 0.15) is 6.92 Å². The Balaban J connectivity index is 1.78. The Morgan fingerprint density at radius 1 is 1.30 bits per heavy atom. The molecule has 4 nitrogen and oxygen atoms in total. The summed E-state index contributed by atoms with van der Waals surface area (Å²) in [4.78, 5) is 0. The topological polar surface area (TPSA) is 47.0 Å². The van der Waals surface area contributed by atoms with Crippen molar-refractivity contribution in [2.45, 2.75) is 11.3 Å². The lowest BCUT2D eigenvalue weighted by molar-refractivity contribution is 0.344. The molecular weight excluding hydrogens is 337 g/mol. The largest absolute Gasteiger partial charge is 0.490 e. The van der Waals surface area contributed by atoms with Gasteiger partial charge in [-0.05, 0) is 19.1 Å². The molecule has 1 aromatic heterocycles. The highest BCUT2D eigenvalue weighted by Gasteiger charge is 2.07. The van der Waals surface area contributed by atoms with E-state index >= 15 is 0 Å². The first kappa shape index (κ1) is 15.7. The first-order valence-corrected chi connectivity index (χ1v) is 8.53. The molecule has 0 aliphatic heterocycles. The monoisotopic (exact) mass is 349 g/mol. The summed E-state index contributed by atoms with van der Waals surface area (Å²) < 4.78 is 6.51. The summed E-state index contributed by atoms with van der Waals surface area (Å²) in [7, 11) is 0. The van der Waals surface area contributed by atoms with Gasteiger partial charge in [-0.25, -0.2) is 0 Å². The number of rotatable bonds is 7. The predicted molar refractivity (Wildman–Crippen MR) is 86.8 cm³/mol. The normalized spacial score (nSPS) is 10.6. The van der Waals surface area contributed by atoms with E-state index in [2.05, 4.69) is 15.5 Å². The van der Waals surface area contributed by atoms with Gasteiger partial charge < -0.3 is 10.1 Å². The molecule has 0 saturated carbocycles. The van der Waals surface area contributed by atoms with Crippen LogP contribution in [0.5, 0.6) is 5.75 Å². The summed E-state index contributed by atoms with van der Waals surface area (Å²) in [6.45, 7) is 3.37. The molecule has 2 aromatic rings. The lowest BCUT2D eigenvalue weighted by Crippen LogP contribution is -2.01. The molecule has 0 atom stereocenters. The molecule has 0 saturated heterocycles. The van der Waals surface area contributed by atoms with Crippen molar-refractivity contribution in [1.82, 2.24) is 10.2 Å². The Bertz CT molecular complexity index is 545. The smallest absolute Gasteiger partial charge is 0.206 e. The molecule has 0 unspecified atom stereocenters. The first-order chi connectivity index (χ1) is 9.70. The summed E-state index contributed by atoms with van der Waals surface area (Å²) in [5.74, 6) is 1.28. The molecule has 108 valence electrons. The zero-order valence-electron chi connectivity index (χ0n) is 10.7. The van der Waals surface area contributed by atoms with E-state index in [4.69, 9.17) is 27.9 Å². The molecule has 1 aromatic carbocycles. The molecule has 0 radical (unpaired) electrons. The van der Waals surface area contributed by atoms with Crippen LogP contribution in [0, 0.1) is 0 Å². The maximum Gasteiger partial charge on any atom is 0.206 e. The van der Waals surface area contributed by atoms with Crippen LogP contribution in [0.15, 0.2) is 22.5 Å². The summed E-state index contributed by atoms with van der Waals surface area (Å²) in [6.07, 6.45) is 0. The maximum atomic E-state index is 6.02. The van der Waals surface area contributed by atoms with Crippen LogP contribution in [0.25, 0.3) is 0 Å². The Hall–Kier alpha value is -0.690. The van der Waals surface area contributed by atoms with E-state index in [9.17, 15) is 0 Å². The molecule has 0 aliphatic rings. The Morgan fingerprint density at radius 3 is 2.75 bits per heavy atom. The molecule has 2 rings (SSSR count). The second-order valence-electron chi connectivity index (χ2n) is 3.65. The standard InChI is InChI=1S/C12H13Cl2N3OS2/c1-2-15-11-16-17-12(20-11)19-7-6-18-10-8(13)4-3-5-9(10)14/h3-5H,2,6-7H2,1H3,(H,15,16). The van der Waals surface area contributed by atoms with Gasteiger partial charge in [0.05, 0.1) is 16.7 Å². The highest BCUT2D eigenvalue weighted by Crippen LogP contribution is 2.32. The van der Waals surface area contributed by atoms with E-state index in [0.29, 0.717) is 22.4 Å². The minimum absolute atomic E-state index is 0.504. The quantitative estimate of drug-likeness (QED) is 0.591. The number of para-hydroxylation sites is 1. The number of nitrogens with zero attached hydrogens (tertiary/aromatic N) is 2. The van der Waals surface area contributed by atoms with Crippen molar-refractivity contribution in [3.8, 4) is 5.75 Å². The third kappa shape index (κ3) is 4.41. The molecule has 1 N–H and O–H groups in total. The van der Waals surface area contributed by atoms with Crippen molar-refractivity contribution in [3.63, 3.8) is 0 Å². The zero-order chi connectivity index (χ0) is 14.4. The number of hydrogen-bond donors (Lipinski definition) is 1. The van der Waals surface area contributed by atoms with E-state index in [1.165, 1.54) is 11.3 Å². The molecule has 0 amide bonds. The van der Waals surface area contributed by atoms with Gasteiger partial charge in [-0.2, -0.15) is 0 Å². The molecule has 20 heavy (non-hydrogen) atoms. The molecule has 0 fully saturated rings. The average molecular weight is 350 g/mol. The van der Waals surface area contributed by atoms with Crippen molar-refractivity contribution in [2.24, 2.45) is 0 Å². The van der Waals surface area contributed by atoms with E-state index in [-0.39, 0.29) is 0 Å². The summed E-state index contributed by atoms with van der Waals surface area (Å²) in [5.41, 5.74) is 0. The SMILES string of the molecule is CCNc1nnc(SCCOc2c(Cl)cccc2Cl)s1. The number of thioether (sulfide) groups is 1. The fraction of sp³-hybridized carbons (Fsp3) is 0.333. The third-order valence-electron chi connectivity index (χ3n) is 2.21. The molecular formula is C12H13Cl2N3OS2. The van der Waals surface area contributed by atoms with E-state index in [1.54, 1.807) is 30.0 Å². The van der Waals surface area contributed by atoms with E-state index in [0.717, 1.165) is 21.8 Å². The van der Waals surface area contributed by atoms with Crippen molar-refractivity contribution < 1.29 is 4.74 Å². The van der Waals surface area contributed by atoms with Gasteiger partial charge in [0, 0.05) is 12.3 Å². The Labute approximate surface area is 135 Å². The lowest BCUT2D eigenvalue weighted by Gasteiger charge is -2.08. The number of anilines is 1. The van der Waals surface area contributed by atoms with Gasteiger partial charge in [0.15, 0.2) is 10.1 Å². The van der Waals surface area contributed by atoms with Gasteiger partial charge in [-0.3, -0.25) is 0 Å². The lowest BCUT2D eigenvalue weighted by atomic mass is 10.3. The van der Waals surface area contributed by atoms with Crippen LogP contribution < -0.4 is 10.1 Å². The Kier molecular flexibility index (Phi) is 6.22. The minimum Gasteiger partial charge on any atom is -0.490 e. The zero-order valence-corrected chi connectivity index (χ0v) is 13.9. The molecule has 8 heteroatoms. The third-order valence-corrected chi connectivity index (χ3v) is 4.78. The average Bonchev–Trinajstić information content (AvgIpc) is 2.85. The van der Waals surface area contributed by atoms with Crippen LogP contribution in [0.4, 0.5) is 5.13 Å². The van der Waals surface area contributed by atoms with Gasteiger partial charge >= 0.3 is 0 Å². The Morgan fingerprint density at radius 2 is 2.05 bits per heavy atom. The van der Waals surface area contributed by atoms with Crippen molar-refractivity contribution in [2.75, 3.05) is 24.2 Å². The second kappa shape index (κ2) is 7.93. The number of nitrogens with one attached hydrogen (secondary N) is 1. The number of ether oxygens (including phenoxy) is 1. The molecule has 0 aliphatic carbocycles. The van der Waals surface area contributed by atoms with Gasteiger partial charge in [0.25, 0.3) is 0 Å². The van der Waals surface area contributed by atoms with Crippen molar-refractivity contribution >= 4 is 51.4 Å². The summed E-state index contributed by atoms with van der Waals surface area (Å²) >= 11 is 15.2. The molecule has 0 bridgehead atoms. The first-order valence-electron chi connectivity index (χ1n) is 5.97. The van der Waals surface area contributed by atoms with Crippen LogP contribution in [0.3, 0.4) is 0 Å². The van der Waals surface area contributed by atoms with Gasteiger partial charge in [-0.1, -0.05) is 52.4 Å². The van der Waals surface area contributed by atoms with E-state index in [1.807, 2.05) is 6.92 Å². The van der Waals surface area contributed by atoms with Gasteiger partial charge in [0.2, 0.25) is 5.13 Å². The van der Waals surface area contributed by atoms with Crippen LogP contribution in [-0.2, 0) is 0 Å². The highest BCUT2D eigenvalue weighted by molar-refractivity contribution is 8.01. The van der Waals surface area contributed by atoms with Crippen LogP contribution in [0.2, 0.25) is 10.0 Å². The van der Waals surface area contributed by atoms with Crippen molar-refractivity contribution in [1.29, 1.82) is 0 Å². The summed E-state index contributed by atoms with van der Waals surface area (Å²) in [5, 5.41) is 13.1. The van der Waals surface area contributed by atoms with E-state index < -0.39 is 0 Å². The van der Waals surface area contributed by atoms with Crippen molar-refractivity contribution in [3.05, 3.63) is 28.2 Å². The molecule has 0 spiro atoms. The maximum absolute atomic E-state index is 6.02. The van der Waals surface area contributed by atoms with Crippen LogP contribution >= 0.6 is 46.3 Å². The number of halogens is 2. The minimum atomic E-state index is 0.504. The fourth-order valence-electron chi connectivity index (χ4n) is 1.38. The van der Waals surface area contributed by atoms with Gasteiger partial charge in [-0.15, -0.1) is 10.2 Å². The van der Waals surface area contributed by atoms with Gasteiger partial charge in [0.1, 0.15) is 0 Å². The molecule has 1 heterocycles. The predicted octanol–water partition coefficient (Wildman–Crippen LogP) is 4.45. The summed E-state index contributed by atoms with van der Waals surface area (Å²) in [6, 6.07) is 5.29. The number of aromatic nitrogens is 2. The number of hydrogen-bond acceptors (Lipinski definition) is 6. The van der Waals surface area contributed by atoms with Crippen LogP contribution in [-0.4, -0.2) is 29.1 Å².